The van der Waals surface area contributed by atoms with Crippen LogP contribution < -0.4 is 21.3 Å². The molecule has 5 atom stereocenters. The van der Waals surface area contributed by atoms with Crippen molar-refractivity contribution in [3.05, 3.63) is 35.9 Å². The van der Waals surface area contributed by atoms with Crippen LogP contribution in [0.3, 0.4) is 0 Å². The maximum atomic E-state index is 14.6. The van der Waals surface area contributed by atoms with Gasteiger partial charge in [-0.05, 0) is 69.6 Å². The van der Waals surface area contributed by atoms with Crippen LogP contribution in [0.5, 0.6) is 0 Å². The number of rotatable bonds is 14. The number of carbonyl (C=O) groups excluding carboxylic acids is 6. The van der Waals surface area contributed by atoms with E-state index in [4.69, 9.17) is 0 Å². The largest absolute Gasteiger partial charge is 0.347 e. The first-order chi connectivity index (χ1) is 23.7. The number of carbonyl (C=O) groups is 6. The van der Waals surface area contributed by atoms with Gasteiger partial charge in [0.1, 0.15) is 23.8 Å². The SMILES string of the molecule is CCC[C@H](NC(=O)[C@@H]1C[C@@H](C=C(C)C)CN1C(=O)[C@@H](NC(=O)[C@@H](NC(=O)c1cnccn1)C1CCCCC1)C(C)(C)C)C(=O)C(=O)NC1CC1. The van der Waals surface area contributed by atoms with Gasteiger partial charge in [-0.3, -0.25) is 33.8 Å². The van der Waals surface area contributed by atoms with Gasteiger partial charge in [-0.15, -0.1) is 0 Å². The van der Waals surface area contributed by atoms with Gasteiger partial charge in [0.15, 0.2) is 0 Å². The first kappa shape index (κ1) is 38.6. The first-order valence-corrected chi connectivity index (χ1v) is 18.2. The average Bonchev–Trinajstić information content (AvgIpc) is 3.80. The minimum Gasteiger partial charge on any atom is -0.347 e. The van der Waals surface area contributed by atoms with Crippen molar-refractivity contribution in [1.82, 2.24) is 36.1 Å². The Morgan fingerprint density at radius 1 is 0.960 bits per heavy atom. The van der Waals surface area contributed by atoms with Crippen molar-refractivity contribution in [3.8, 4) is 0 Å². The Kier molecular flexibility index (Phi) is 13.3. The highest BCUT2D eigenvalue weighted by atomic mass is 16.2. The van der Waals surface area contributed by atoms with E-state index in [-0.39, 0.29) is 36.5 Å². The molecule has 274 valence electrons. The summed E-state index contributed by atoms with van der Waals surface area (Å²) in [7, 11) is 0. The van der Waals surface area contributed by atoms with E-state index in [1.807, 2.05) is 47.6 Å². The normalized spacial score (nSPS) is 21.3. The summed E-state index contributed by atoms with van der Waals surface area (Å²) < 4.78 is 0. The summed E-state index contributed by atoms with van der Waals surface area (Å²) in [6.07, 6.45) is 13.5. The molecule has 2 heterocycles. The predicted molar refractivity (Wildman–Crippen MR) is 187 cm³/mol. The molecule has 3 aliphatic rings. The van der Waals surface area contributed by atoms with Crippen molar-refractivity contribution in [2.75, 3.05) is 6.54 Å². The number of likely N-dealkylation sites (tertiary alicyclic amines) is 1. The Hall–Kier alpha value is -4.16. The van der Waals surface area contributed by atoms with Crippen LogP contribution in [-0.2, 0) is 24.0 Å². The van der Waals surface area contributed by atoms with E-state index in [1.165, 1.54) is 23.5 Å². The van der Waals surface area contributed by atoms with Crippen molar-refractivity contribution in [2.24, 2.45) is 17.3 Å². The highest BCUT2D eigenvalue weighted by Gasteiger charge is 2.46. The number of Topliss-reactive ketones (excluding diaryl/α,β-unsaturated/α-hetero) is 1. The number of amides is 5. The molecule has 0 radical (unpaired) electrons. The Morgan fingerprint density at radius 2 is 1.66 bits per heavy atom. The van der Waals surface area contributed by atoms with Crippen LogP contribution in [0, 0.1) is 17.3 Å². The topological polar surface area (TPSA) is 180 Å². The van der Waals surface area contributed by atoms with Gasteiger partial charge in [0.05, 0.1) is 12.2 Å². The van der Waals surface area contributed by atoms with Gasteiger partial charge in [0.25, 0.3) is 11.8 Å². The molecule has 4 rings (SSSR count). The summed E-state index contributed by atoms with van der Waals surface area (Å²) >= 11 is 0. The summed E-state index contributed by atoms with van der Waals surface area (Å²) in [6.45, 7) is 11.5. The van der Waals surface area contributed by atoms with Gasteiger partial charge in [-0.1, -0.05) is 65.0 Å². The van der Waals surface area contributed by atoms with Crippen molar-refractivity contribution in [1.29, 1.82) is 0 Å². The second-order valence-corrected chi connectivity index (χ2v) is 15.5. The average molecular weight is 694 g/mol. The number of ketones is 1. The van der Waals surface area contributed by atoms with Gasteiger partial charge in [0.2, 0.25) is 23.5 Å². The molecule has 3 fully saturated rings. The van der Waals surface area contributed by atoms with E-state index < -0.39 is 64.9 Å². The highest BCUT2D eigenvalue weighted by molar-refractivity contribution is 6.38. The lowest BCUT2D eigenvalue weighted by molar-refractivity contribution is -0.145. The van der Waals surface area contributed by atoms with Crippen LogP contribution in [-0.4, -0.2) is 86.9 Å². The van der Waals surface area contributed by atoms with Crippen LogP contribution in [0.4, 0.5) is 0 Å². The Bertz CT molecular complexity index is 1430. The number of allylic oxidation sites excluding steroid dienone is 1. The highest BCUT2D eigenvalue weighted by Crippen LogP contribution is 2.31. The zero-order valence-corrected chi connectivity index (χ0v) is 30.4. The third-order valence-corrected chi connectivity index (χ3v) is 9.72. The van der Waals surface area contributed by atoms with Crippen molar-refractivity contribution < 1.29 is 28.8 Å². The van der Waals surface area contributed by atoms with E-state index in [2.05, 4.69) is 31.2 Å². The van der Waals surface area contributed by atoms with Crippen LogP contribution in [0.1, 0.15) is 116 Å². The van der Waals surface area contributed by atoms with Crippen LogP contribution in [0.15, 0.2) is 30.2 Å². The molecule has 1 saturated heterocycles. The van der Waals surface area contributed by atoms with Crippen LogP contribution >= 0.6 is 0 Å². The Morgan fingerprint density at radius 3 is 2.24 bits per heavy atom. The van der Waals surface area contributed by atoms with Crippen LogP contribution in [0.25, 0.3) is 0 Å². The maximum Gasteiger partial charge on any atom is 0.289 e. The molecule has 2 aliphatic carbocycles. The molecule has 4 N–H and O–H groups in total. The van der Waals surface area contributed by atoms with E-state index in [1.54, 1.807) is 0 Å². The molecule has 0 unspecified atom stereocenters. The molecular weight excluding hydrogens is 638 g/mol. The standard InChI is InChI=1S/C37H55N7O6/c1-7-11-26(30(45)35(49)40-25-14-15-25)41-33(47)28-19-23(18-22(2)3)21-44(28)36(50)31(37(4,5)6)43-34(48)29(24-12-9-8-10-13-24)42-32(46)27-20-38-16-17-39-27/h16-18,20,23-26,28-29,31H,7-15,19,21H2,1-6H3,(H,40,49)(H,41,47)(H,42,46)(H,43,48)/t23-,26+,28+,29+,31-/m1/s1. The zero-order valence-electron chi connectivity index (χ0n) is 30.4. The van der Waals surface area contributed by atoms with Gasteiger partial charge in [-0.2, -0.15) is 0 Å². The minimum atomic E-state index is -1.03. The number of nitrogens with zero attached hydrogens (tertiary/aromatic N) is 3. The van der Waals surface area contributed by atoms with E-state index in [9.17, 15) is 28.8 Å². The molecule has 0 bridgehead atoms. The lowest BCUT2D eigenvalue weighted by Crippen LogP contribution is -2.62. The fourth-order valence-corrected chi connectivity index (χ4v) is 6.96. The third-order valence-electron chi connectivity index (χ3n) is 9.72. The van der Waals surface area contributed by atoms with Crippen molar-refractivity contribution >= 4 is 35.3 Å². The van der Waals surface area contributed by atoms with E-state index in [0.717, 1.165) is 50.5 Å². The summed E-state index contributed by atoms with van der Waals surface area (Å²) in [6, 6.07) is -3.87. The number of hydrogen-bond donors (Lipinski definition) is 4. The molecule has 0 aromatic carbocycles. The summed E-state index contributed by atoms with van der Waals surface area (Å²) in [5.74, 6) is -3.59. The second-order valence-electron chi connectivity index (χ2n) is 15.5. The fraction of sp³-hybridized carbons (Fsp3) is 0.676. The number of aromatic nitrogens is 2. The molecule has 13 nitrogen and oxygen atoms in total. The third kappa shape index (κ3) is 10.4. The van der Waals surface area contributed by atoms with Crippen molar-refractivity contribution in [2.45, 2.75) is 136 Å². The molecule has 0 spiro atoms. The summed E-state index contributed by atoms with van der Waals surface area (Å²) in [4.78, 5) is 91.1. The maximum absolute atomic E-state index is 14.6. The van der Waals surface area contributed by atoms with Crippen molar-refractivity contribution in [3.63, 3.8) is 0 Å². The van der Waals surface area contributed by atoms with Gasteiger partial charge < -0.3 is 26.2 Å². The van der Waals surface area contributed by atoms with E-state index in [0.29, 0.717) is 12.8 Å². The quantitative estimate of drug-likeness (QED) is 0.170. The molecule has 1 aromatic heterocycles. The zero-order chi connectivity index (χ0) is 36.6. The van der Waals surface area contributed by atoms with E-state index >= 15 is 0 Å². The molecule has 50 heavy (non-hydrogen) atoms. The van der Waals surface area contributed by atoms with Gasteiger partial charge in [-0.25, -0.2) is 4.98 Å². The Labute approximate surface area is 295 Å². The molecule has 1 aromatic rings. The summed E-state index contributed by atoms with van der Waals surface area (Å²) in [5, 5.41) is 11.4. The monoisotopic (exact) mass is 693 g/mol. The predicted octanol–water partition coefficient (Wildman–Crippen LogP) is 3.00. The molecule has 5 amide bonds. The van der Waals surface area contributed by atoms with Gasteiger partial charge in [0, 0.05) is 25.0 Å². The number of hydrogen-bond acceptors (Lipinski definition) is 8. The second kappa shape index (κ2) is 17.2. The minimum absolute atomic E-state index is 0.000196. The Balaban J connectivity index is 1.57. The molecule has 2 saturated carbocycles. The lowest BCUT2D eigenvalue weighted by atomic mass is 9.82. The van der Waals surface area contributed by atoms with Crippen LogP contribution in [0.2, 0.25) is 0 Å². The first-order valence-electron chi connectivity index (χ1n) is 18.2. The molecular formula is C37H55N7O6. The molecule has 13 heteroatoms. The van der Waals surface area contributed by atoms with Gasteiger partial charge >= 0.3 is 0 Å². The number of nitrogens with one attached hydrogen (secondary N) is 4. The lowest BCUT2D eigenvalue weighted by Gasteiger charge is -2.37. The molecule has 1 aliphatic heterocycles. The fourth-order valence-electron chi connectivity index (χ4n) is 6.96. The summed E-state index contributed by atoms with van der Waals surface area (Å²) in [5.41, 5.74) is 0.357. The smallest absolute Gasteiger partial charge is 0.289 e.